The zero-order valence-corrected chi connectivity index (χ0v) is 19.9. The molecule has 6 nitrogen and oxygen atoms in total. The molecule has 32 heavy (non-hydrogen) atoms. The van der Waals surface area contributed by atoms with Gasteiger partial charge in [-0.25, -0.2) is 0 Å². The molecule has 0 aliphatic carbocycles. The monoisotopic (exact) mass is 548 g/mol. The summed E-state index contributed by atoms with van der Waals surface area (Å²) in [6.07, 6.45) is -4.94. The molecule has 1 atom stereocenters. The van der Waals surface area contributed by atoms with E-state index in [2.05, 4.69) is 31.4 Å². The Morgan fingerprint density at radius 2 is 1.94 bits per heavy atom. The first-order valence-corrected chi connectivity index (χ1v) is 11.3. The molecule has 1 aromatic heterocycles. The molecule has 1 N–H and O–H groups in total. The number of benzene rings is 2. The van der Waals surface area contributed by atoms with Crippen LogP contribution in [0.5, 0.6) is 5.75 Å². The maximum Gasteiger partial charge on any atom is 0.416 e. The number of aromatic nitrogens is 3. The Morgan fingerprint density at radius 1 is 1.25 bits per heavy atom. The lowest BCUT2D eigenvalue weighted by Crippen LogP contribution is -2.16. The average Bonchev–Trinajstić information content (AvgIpc) is 3.09. The van der Waals surface area contributed by atoms with Gasteiger partial charge in [0.25, 0.3) is 0 Å². The molecule has 3 aromatic rings. The lowest BCUT2D eigenvalue weighted by molar-refractivity contribution is -0.137. The van der Waals surface area contributed by atoms with E-state index in [-0.39, 0.29) is 16.5 Å². The van der Waals surface area contributed by atoms with Crippen LogP contribution in [0.25, 0.3) is 0 Å². The average molecular weight is 550 g/mol. The number of hydrogen-bond acceptors (Lipinski definition) is 5. The number of hydrogen-bond donors (Lipinski definition) is 1. The minimum atomic E-state index is -4.54. The van der Waals surface area contributed by atoms with Crippen molar-refractivity contribution < 1.29 is 22.7 Å². The Labute approximate surface area is 199 Å². The van der Waals surface area contributed by atoms with E-state index in [1.807, 2.05) is 31.2 Å². The summed E-state index contributed by atoms with van der Waals surface area (Å²) in [6, 6.07) is 10.1. The number of ether oxygens (including phenoxy) is 1. The molecule has 170 valence electrons. The molecular weight excluding hydrogens is 533 g/mol. The van der Waals surface area contributed by atoms with Crippen molar-refractivity contribution in [2.24, 2.45) is 7.05 Å². The second-order valence-electron chi connectivity index (χ2n) is 6.64. The predicted molar refractivity (Wildman–Crippen MR) is 120 cm³/mol. The van der Waals surface area contributed by atoms with Crippen molar-refractivity contribution in [3.63, 3.8) is 0 Å². The highest BCUT2D eigenvalue weighted by molar-refractivity contribution is 9.10. The highest BCUT2D eigenvalue weighted by Gasteiger charge is 2.31. The third kappa shape index (κ3) is 6.17. The summed E-state index contributed by atoms with van der Waals surface area (Å²) in [5.41, 5.74) is -1.01. The van der Waals surface area contributed by atoms with Gasteiger partial charge in [0.2, 0.25) is 5.91 Å². The standard InChI is InChI=1S/C20H17BrClF3N4O2S/c1-11(31-14-6-4-13(21)5-7-14)18-27-28-19(29(18)2)32-10-17(30)26-16-9-12(20(23,24)25)3-8-15(16)22/h3-9,11H,10H2,1-2H3,(H,26,30). The summed E-state index contributed by atoms with van der Waals surface area (Å²) < 4.78 is 47.1. The largest absolute Gasteiger partial charge is 0.483 e. The van der Waals surface area contributed by atoms with E-state index in [4.69, 9.17) is 16.3 Å². The number of halogens is 5. The van der Waals surface area contributed by atoms with Crippen LogP contribution in [0.2, 0.25) is 5.02 Å². The molecule has 0 aliphatic rings. The van der Waals surface area contributed by atoms with Crippen LogP contribution in [0.15, 0.2) is 52.1 Å². The molecule has 0 fully saturated rings. The fourth-order valence-corrected chi connectivity index (χ4v) is 3.84. The highest BCUT2D eigenvalue weighted by atomic mass is 79.9. The van der Waals surface area contributed by atoms with Gasteiger partial charge in [0, 0.05) is 11.5 Å². The van der Waals surface area contributed by atoms with Crippen LogP contribution in [0.4, 0.5) is 18.9 Å². The van der Waals surface area contributed by atoms with Crippen molar-refractivity contribution in [3.05, 3.63) is 63.3 Å². The maximum atomic E-state index is 12.9. The van der Waals surface area contributed by atoms with Gasteiger partial charge in [-0.1, -0.05) is 39.3 Å². The fourth-order valence-electron chi connectivity index (χ4n) is 2.69. The lowest BCUT2D eigenvalue weighted by atomic mass is 10.2. The maximum absolute atomic E-state index is 12.9. The van der Waals surface area contributed by atoms with Gasteiger partial charge in [0.1, 0.15) is 5.75 Å². The second-order valence-corrected chi connectivity index (χ2v) is 8.91. The third-order valence-electron chi connectivity index (χ3n) is 4.26. The molecule has 0 saturated carbocycles. The van der Waals surface area contributed by atoms with Crippen LogP contribution in [0.1, 0.15) is 24.4 Å². The molecular formula is C20H17BrClF3N4O2S. The van der Waals surface area contributed by atoms with Gasteiger partial charge in [-0.05, 0) is 49.4 Å². The van der Waals surface area contributed by atoms with Crippen molar-refractivity contribution in [2.45, 2.75) is 24.4 Å². The van der Waals surface area contributed by atoms with Gasteiger partial charge in [-0.2, -0.15) is 13.2 Å². The second kappa shape index (κ2) is 10.1. The molecule has 2 aromatic carbocycles. The molecule has 3 rings (SSSR count). The first-order chi connectivity index (χ1) is 15.0. The molecule has 0 saturated heterocycles. The number of alkyl halides is 3. The first kappa shape index (κ1) is 24.4. The molecule has 0 radical (unpaired) electrons. The summed E-state index contributed by atoms with van der Waals surface area (Å²) in [7, 11) is 1.74. The number of carbonyl (C=O) groups is 1. The van der Waals surface area contributed by atoms with Crippen LogP contribution in [-0.2, 0) is 18.0 Å². The van der Waals surface area contributed by atoms with Gasteiger partial charge in [0.05, 0.1) is 22.0 Å². The van der Waals surface area contributed by atoms with Crippen LogP contribution in [0, 0.1) is 0 Å². The Balaban J connectivity index is 1.61. The van der Waals surface area contributed by atoms with Crippen LogP contribution < -0.4 is 10.1 Å². The Kier molecular flexibility index (Phi) is 7.73. The Morgan fingerprint density at radius 3 is 2.59 bits per heavy atom. The van der Waals surface area contributed by atoms with Crippen molar-refractivity contribution in [1.29, 1.82) is 0 Å². The number of amides is 1. The van der Waals surface area contributed by atoms with E-state index >= 15 is 0 Å². The molecule has 1 unspecified atom stereocenters. The number of anilines is 1. The predicted octanol–water partition coefficient (Wildman–Crippen LogP) is 6.12. The zero-order valence-electron chi connectivity index (χ0n) is 16.8. The molecule has 0 aliphatic heterocycles. The molecule has 1 amide bonds. The van der Waals surface area contributed by atoms with E-state index in [9.17, 15) is 18.0 Å². The summed E-state index contributed by atoms with van der Waals surface area (Å²) in [4.78, 5) is 12.3. The minimum absolute atomic E-state index is 0.0104. The van der Waals surface area contributed by atoms with Crippen LogP contribution >= 0.6 is 39.3 Å². The Bertz CT molecular complexity index is 1110. The summed E-state index contributed by atoms with van der Waals surface area (Å²) in [5.74, 6) is 0.590. The van der Waals surface area contributed by atoms with E-state index in [0.717, 1.165) is 34.4 Å². The number of rotatable bonds is 7. The van der Waals surface area contributed by atoms with Crippen molar-refractivity contribution in [1.82, 2.24) is 14.8 Å². The molecule has 0 bridgehead atoms. The highest BCUT2D eigenvalue weighted by Crippen LogP contribution is 2.34. The van der Waals surface area contributed by atoms with E-state index in [1.165, 1.54) is 0 Å². The number of thioether (sulfide) groups is 1. The molecule has 12 heteroatoms. The summed E-state index contributed by atoms with van der Waals surface area (Å²) in [6.45, 7) is 1.82. The lowest BCUT2D eigenvalue weighted by Gasteiger charge is -2.14. The minimum Gasteiger partial charge on any atom is -0.483 e. The van der Waals surface area contributed by atoms with Gasteiger partial charge in [-0.15, -0.1) is 10.2 Å². The van der Waals surface area contributed by atoms with Crippen molar-refractivity contribution >= 4 is 50.9 Å². The number of nitrogens with zero attached hydrogens (tertiary/aromatic N) is 3. The topological polar surface area (TPSA) is 69.0 Å². The molecule has 0 spiro atoms. The number of carbonyl (C=O) groups excluding carboxylic acids is 1. The molecule has 1 heterocycles. The third-order valence-corrected chi connectivity index (χ3v) is 6.14. The quantitative estimate of drug-likeness (QED) is 0.360. The van der Waals surface area contributed by atoms with Crippen molar-refractivity contribution in [2.75, 3.05) is 11.1 Å². The van der Waals surface area contributed by atoms with Crippen molar-refractivity contribution in [3.8, 4) is 5.75 Å². The normalized spacial score (nSPS) is 12.5. The number of nitrogens with one attached hydrogen (secondary N) is 1. The zero-order chi connectivity index (χ0) is 23.5. The van der Waals surface area contributed by atoms with E-state index in [0.29, 0.717) is 16.7 Å². The Hall–Kier alpha value is -2.24. The smallest absolute Gasteiger partial charge is 0.416 e. The fraction of sp³-hybridized carbons (Fsp3) is 0.250. The van der Waals surface area contributed by atoms with Gasteiger partial charge < -0.3 is 14.6 Å². The van der Waals surface area contributed by atoms with Crippen LogP contribution in [-0.4, -0.2) is 26.4 Å². The van der Waals surface area contributed by atoms with Gasteiger partial charge in [-0.3, -0.25) is 4.79 Å². The van der Waals surface area contributed by atoms with Gasteiger partial charge in [0.15, 0.2) is 17.1 Å². The van der Waals surface area contributed by atoms with E-state index < -0.39 is 23.8 Å². The summed E-state index contributed by atoms with van der Waals surface area (Å²) in [5, 5.41) is 11.1. The van der Waals surface area contributed by atoms with Crippen LogP contribution in [0.3, 0.4) is 0 Å². The SMILES string of the molecule is CC(Oc1ccc(Br)cc1)c1nnc(SCC(=O)Nc2cc(C(F)(F)F)ccc2Cl)n1C. The van der Waals surface area contributed by atoms with E-state index in [1.54, 1.807) is 11.6 Å². The first-order valence-electron chi connectivity index (χ1n) is 9.15. The summed E-state index contributed by atoms with van der Waals surface area (Å²) >= 11 is 10.4. The van der Waals surface area contributed by atoms with Gasteiger partial charge >= 0.3 is 6.18 Å².